The number of carbonyl (C=O) groups is 4. The van der Waals surface area contributed by atoms with Gasteiger partial charge in [0.25, 0.3) is 5.91 Å². The van der Waals surface area contributed by atoms with E-state index in [0.717, 1.165) is 11.8 Å². The van der Waals surface area contributed by atoms with Gasteiger partial charge in [-0.2, -0.15) is 4.98 Å². The number of anilines is 2. The van der Waals surface area contributed by atoms with Crippen LogP contribution in [0.2, 0.25) is 0 Å². The summed E-state index contributed by atoms with van der Waals surface area (Å²) in [5.41, 5.74) is 1.10. The first-order valence-electron chi connectivity index (χ1n) is 15.7. The number of nitrogens with zero attached hydrogens (tertiary/aromatic N) is 5. The smallest absolute Gasteiger partial charge is 0.289 e. The Balaban J connectivity index is 1.19. The Bertz CT molecular complexity index is 1830. The molecule has 0 spiro atoms. The second-order valence-corrected chi connectivity index (χ2v) is 13.5. The van der Waals surface area contributed by atoms with Crippen molar-refractivity contribution >= 4 is 69.0 Å². The summed E-state index contributed by atoms with van der Waals surface area (Å²) in [5, 5.41) is 3.41. The van der Waals surface area contributed by atoms with E-state index < -0.39 is 12.0 Å². The lowest BCUT2D eigenvalue weighted by Gasteiger charge is -2.34. The van der Waals surface area contributed by atoms with Gasteiger partial charge < -0.3 is 33.9 Å². The Morgan fingerprint density at radius 2 is 1.73 bits per heavy atom. The summed E-state index contributed by atoms with van der Waals surface area (Å²) < 4.78 is 16.3. The van der Waals surface area contributed by atoms with Crippen LogP contribution < -0.4 is 19.7 Å². The molecule has 2 fully saturated rings. The van der Waals surface area contributed by atoms with E-state index in [-0.39, 0.29) is 34.4 Å². The van der Waals surface area contributed by atoms with Gasteiger partial charge in [0, 0.05) is 60.6 Å². The van der Waals surface area contributed by atoms with Crippen molar-refractivity contribution < 1.29 is 33.1 Å². The largest absolute Gasteiger partial charge is 0.493 e. The Labute approximate surface area is 291 Å². The summed E-state index contributed by atoms with van der Waals surface area (Å²) in [4.78, 5) is 67.7. The highest BCUT2D eigenvalue weighted by molar-refractivity contribution is 8.14. The van der Waals surface area contributed by atoms with E-state index in [2.05, 4.69) is 5.32 Å². The highest BCUT2D eigenvalue weighted by atomic mass is 32.2. The number of piperazine rings is 1. The quantitative estimate of drug-likeness (QED) is 0.252. The predicted octanol–water partition coefficient (Wildman–Crippen LogP) is 4.25. The fourth-order valence-corrected chi connectivity index (χ4v) is 7.65. The molecule has 2 atom stereocenters. The van der Waals surface area contributed by atoms with Crippen molar-refractivity contribution in [3.8, 4) is 11.5 Å². The Morgan fingerprint density at radius 3 is 2.43 bits per heavy atom. The van der Waals surface area contributed by atoms with E-state index >= 15 is 0 Å². The van der Waals surface area contributed by atoms with E-state index in [0.29, 0.717) is 77.5 Å². The van der Waals surface area contributed by atoms with Crippen LogP contribution in [0.4, 0.5) is 11.8 Å². The first kappa shape index (κ1) is 34.1. The average molecular weight is 705 g/mol. The number of carbonyl (C=O) groups excluding carboxylic acids is 4. The van der Waals surface area contributed by atoms with E-state index in [1.165, 1.54) is 32.2 Å². The van der Waals surface area contributed by atoms with Crippen LogP contribution in [0.3, 0.4) is 0 Å². The van der Waals surface area contributed by atoms with Crippen LogP contribution in [0.5, 0.6) is 11.5 Å². The Hall–Kier alpha value is -4.76. The number of benzene rings is 2. The summed E-state index contributed by atoms with van der Waals surface area (Å²) in [7, 11) is 3.05. The Morgan fingerprint density at radius 1 is 1.00 bits per heavy atom. The molecule has 0 aliphatic carbocycles. The summed E-state index contributed by atoms with van der Waals surface area (Å²) in [6, 6.07) is 15.0. The number of hydrogen-bond donors (Lipinski definition) is 1. The topological polar surface area (TPSA) is 147 Å². The van der Waals surface area contributed by atoms with Crippen molar-refractivity contribution in [2.45, 2.75) is 13.0 Å². The standard InChI is InChI=1S/C34H36N6O7S2/c1-21(18-49-33(44)22-8-5-4-6-9-22)31(42)40-20-48-19-25(40)30(41)36-29-23-16-27(45-2)28(46-3)17-24(23)35-34(37-29)39-13-11-38(12-14-39)32(43)26-10-7-15-47-26/h4-10,15-17,21,25H,11-14,18-20H2,1-3H3,(H,35,36,37,41). The van der Waals surface area contributed by atoms with Gasteiger partial charge in [0.1, 0.15) is 11.9 Å². The third-order valence-electron chi connectivity index (χ3n) is 8.38. The SMILES string of the molecule is COc1cc2nc(N3CCN(C(=O)c4ccco4)CC3)nc(NC(=O)C3CSCN3C(=O)C(C)CSC(=O)c3ccccc3)c2cc1OC. The number of thioether (sulfide) groups is 2. The minimum absolute atomic E-state index is 0.102. The zero-order chi connectivity index (χ0) is 34.5. The van der Waals surface area contributed by atoms with Crippen molar-refractivity contribution in [3.05, 3.63) is 72.2 Å². The molecule has 2 aromatic heterocycles. The predicted molar refractivity (Wildman–Crippen MR) is 188 cm³/mol. The molecule has 0 bridgehead atoms. The van der Waals surface area contributed by atoms with Gasteiger partial charge in [0.05, 0.1) is 31.9 Å². The number of hydrogen-bond acceptors (Lipinski definition) is 12. The van der Waals surface area contributed by atoms with Crippen LogP contribution in [-0.2, 0) is 9.59 Å². The van der Waals surface area contributed by atoms with Gasteiger partial charge in [-0.05, 0) is 18.2 Å². The molecule has 256 valence electrons. The minimum atomic E-state index is -0.737. The summed E-state index contributed by atoms with van der Waals surface area (Å²) in [6.45, 7) is 3.56. The van der Waals surface area contributed by atoms with Crippen molar-refractivity contribution in [3.63, 3.8) is 0 Å². The zero-order valence-electron chi connectivity index (χ0n) is 27.3. The molecule has 0 saturated carbocycles. The molecule has 1 N–H and O–H groups in total. The lowest BCUT2D eigenvalue weighted by atomic mass is 10.1. The third kappa shape index (κ3) is 7.47. The van der Waals surface area contributed by atoms with Gasteiger partial charge in [0.2, 0.25) is 22.9 Å². The molecule has 3 amide bonds. The fourth-order valence-electron chi connectivity index (χ4n) is 5.64. The highest BCUT2D eigenvalue weighted by Gasteiger charge is 2.37. The molecule has 13 nitrogen and oxygen atoms in total. The summed E-state index contributed by atoms with van der Waals surface area (Å²) in [5.74, 6) is 1.67. The summed E-state index contributed by atoms with van der Waals surface area (Å²) in [6.07, 6.45) is 1.47. The molecule has 2 aliphatic rings. The van der Waals surface area contributed by atoms with Gasteiger partial charge in [-0.25, -0.2) is 4.98 Å². The number of rotatable bonds is 10. The number of ether oxygens (including phenoxy) is 2. The molecule has 2 saturated heterocycles. The maximum atomic E-state index is 13.9. The number of methoxy groups -OCH3 is 2. The lowest BCUT2D eigenvalue weighted by Crippen LogP contribution is -2.49. The van der Waals surface area contributed by atoms with Crippen LogP contribution in [0, 0.1) is 5.92 Å². The van der Waals surface area contributed by atoms with Gasteiger partial charge in [-0.3, -0.25) is 19.2 Å². The Kier molecular flexibility index (Phi) is 10.6. The van der Waals surface area contributed by atoms with Crippen molar-refractivity contribution in [1.82, 2.24) is 19.8 Å². The third-order valence-corrected chi connectivity index (χ3v) is 10.6. The molecular weight excluding hydrogens is 669 g/mol. The average Bonchev–Trinajstić information content (AvgIpc) is 3.86. The maximum Gasteiger partial charge on any atom is 0.289 e. The zero-order valence-corrected chi connectivity index (χ0v) is 28.9. The number of aromatic nitrogens is 2. The van der Waals surface area contributed by atoms with Crippen LogP contribution in [-0.4, -0.2) is 106 Å². The molecule has 2 aromatic carbocycles. The van der Waals surface area contributed by atoms with Gasteiger partial charge in [-0.1, -0.05) is 49.0 Å². The van der Waals surface area contributed by atoms with Gasteiger partial charge in [0.15, 0.2) is 17.3 Å². The minimum Gasteiger partial charge on any atom is -0.493 e. The van der Waals surface area contributed by atoms with Crippen LogP contribution in [0.1, 0.15) is 27.8 Å². The summed E-state index contributed by atoms with van der Waals surface area (Å²) >= 11 is 2.59. The monoisotopic (exact) mass is 704 g/mol. The van der Waals surface area contributed by atoms with Crippen LogP contribution in [0.25, 0.3) is 10.9 Å². The molecule has 0 radical (unpaired) electrons. The molecule has 49 heavy (non-hydrogen) atoms. The van der Waals surface area contributed by atoms with E-state index in [1.54, 1.807) is 65.3 Å². The first-order valence-corrected chi connectivity index (χ1v) is 17.8. The van der Waals surface area contributed by atoms with E-state index in [4.69, 9.17) is 23.9 Å². The van der Waals surface area contributed by atoms with E-state index in [9.17, 15) is 19.2 Å². The highest BCUT2D eigenvalue weighted by Crippen LogP contribution is 2.36. The molecule has 4 heterocycles. The van der Waals surface area contributed by atoms with Crippen molar-refractivity contribution in [2.24, 2.45) is 5.92 Å². The molecular formula is C34H36N6O7S2. The normalized spacial score (nSPS) is 16.8. The van der Waals surface area contributed by atoms with Crippen molar-refractivity contribution in [1.29, 1.82) is 0 Å². The maximum absolute atomic E-state index is 13.9. The van der Waals surface area contributed by atoms with Crippen LogP contribution in [0.15, 0.2) is 65.3 Å². The molecule has 4 aromatic rings. The molecule has 15 heteroatoms. The van der Waals surface area contributed by atoms with E-state index in [1.807, 2.05) is 11.0 Å². The number of amides is 3. The second kappa shape index (κ2) is 15.2. The number of furan rings is 1. The molecule has 6 rings (SSSR count). The molecule has 2 aliphatic heterocycles. The number of fused-ring (bicyclic) bond motifs is 1. The number of nitrogens with one attached hydrogen (secondary N) is 1. The van der Waals surface area contributed by atoms with Gasteiger partial charge in [-0.15, -0.1) is 11.8 Å². The fraction of sp³-hybridized carbons (Fsp3) is 0.353. The second-order valence-electron chi connectivity index (χ2n) is 11.5. The van der Waals surface area contributed by atoms with Crippen molar-refractivity contribution in [2.75, 3.05) is 68.0 Å². The van der Waals surface area contributed by atoms with Crippen LogP contribution >= 0.6 is 23.5 Å². The first-order chi connectivity index (χ1) is 23.8. The van der Waals surface area contributed by atoms with Gasteiger partial charge >= 0.3 is 0 Å². The molecule has 2 unspecified atom stereocenters. The lowest BCUT2D eigenvalue weighted by molar-refractivity contribution is -0.138.